The molecule has 0 aliphatic carbocycles. The molecule has 0 fully saturated rings. The Morgan fingerprint density at radius 2 is 1.90 bits per heavy atom. The molecule has 20 heavy (non-hydrogen) atoms. The van der Waals surface area contributed by atoms with E-state index in [4.69, 9.17) is 4.74 Å². The lowest BCUT2D eigenvalue weighted by Gasteiger charge is -2.07. The Hall–Kier alpha value is -0.510. The van der Waals surface area contributed by atoms with Crippen molar-refractivity contribution in [2.45, 2.75) is 45.1 Å². The summed E-state index contributed by atoms with van der Waals surface area (Å²) in [6.07, 6.45) is 2.34. The van der Waals surface area contributed by atoms with Gasteiger partial charge in [0.2, 0.25) is 0 Å². The highest BCUT2D eigenvalue weighted by atomic mass is 32.2. The maximum absolute atomic E-state index is 5.62. The minimum absolute atomic E-state index is 0.733. The predicted octanol–water partition coefficient (Wildman–Crippen LogP) is 4.34. The maximum atomic E-state index is 5.62. The van der Waals surface area contributed by atoms with Crippen LogP contribution in [0.25, 0.3) is 0 Å². The minimum atomic E-state index is 0.733. The number of hydrogen-bond acceptors (Lipinski definition) is 3. The van der Waals surface area contributed by atoms with Crippen LogP contribution in [0.1, 0.15) is 39.2 Å². The van der Waals surface area contributed by atoms with E-state index in [0.717, 1.165) is 44.4 Å². The van der Waals surface area contributed by atoms with Gasteiger partial charge in [-0.2, -0.15) is 0 Å². The number of thioether (sulfide) groups is 1. The Bertz CT molecular complexity index is 337. The Kier molecular flexibility index (Phi) is 9.81. The second kappa shape index (κ2) is 11.2. The largest absolute Gasteiger partial charge is 0.381 e. The van der Waals surface area contributed by atoms with Crippen molar-refractivity contribution >= 4 is 11.8 Å². The van der Waals surface area contributed by atoms with E-state index in [1.807, 2.05) is 11.8 Å². The van der Waals surface area contributed by atoms with Gasteiger partial charge in [-0.1, -0.05) is 32.9 Å². The van der Waals surface area contributed by atoms with Crippen molar-refractivity contribution in [2.24, 2.45) is 5.92 Å². The van der Waals surface area contributed by atoms with E-state index in [1.54, 1.807) is 0 Å². The maximum Gasteiger partial charge on any atom is 0.0560 e. The molecule has 0 unspecified atom stereocenters. The molecule has 0 aliphatic heterocycles. The Labute approximate surface area is 128 Å². The molecule has 1 rings (SSSR count). The lowest BCUT2D eigenvalue weighted by molar-refractivity contribution is 0.138. The van der Waals surface area contributed by atoms with Crippen LogP contribution in [0.15, 0.2) is 29.2 Å². The van der Waals surface area contributed by atoms with E-state index < -0.39 is 0 Å². The van der Waals surface area contributed by atoms with Crippen LogP contribution < -0.4 is 5.32 Å². The van der Waals surface area contributed by atoms with Gasteiger partial charge >= 0.3 is 0 Å². The molecule has 0 heterocycles. The zero-order valence-corrected chi connectivity index (χ0v) is 14.0. The van der Waals surface area contributed by atoms with E-state index in [0.29, 0.717) is 0 Å². The fourth-order valence-electron chi connectivity index (χ4n) is 1.75. The van der Waals surface area contributed by atoms with Crippen LogP contribution in [0.3, 0.4) is 0 Å². The molecule has 114 valence electrons. The molecule has 1 aromatic rings. The van der Waals surface area contributed by atoms with E-state index in [1.165, 1.54) is 16.9 Å². The summed E-state index contributed by atoms with van der Waals surface area (Å²) >= 11 is 1.87. The normalized spacial score (nSPS) is 11.2. The van der Waals surface area contributed by atoms with Gasteiger partial charge in [-0.05, 0) is 43.0 Å². The van der Waals surface area contributed by atoms with Crippen molar-refractivity contribution in [2.75, 3.05) is 25.5 Å². The molecule has 0 aromatic heterocycles. The molecule has 0 radical (unpaired) electrons. The Morgan fingerprint density at radius 3 is 2.55 bits per heavy atom. The Morgan fingerprint density at radius 1 is 1.15 bits per heavy atom. The molecule has 0 spiro atoms. The molecule has 1 N–H and O–H groups in total. The second-order valence-corrected chi connectivity index (χ2v) is 6.63. The van der Waals surface area contributed by atoms with Crippen LogP contribution >= 0.6 is 11.8 Å². The molecular weight excluding hydrogens is 266 g/mol. The summed E-state index contributed by atoms with van der Waals surface area (Å²) < 4.78 is 5.62. The van der Waals surface area contributed by atoms with Crippen LogP contribution in [0, 0.1) is 5.92 Å². The highest BCUT2D eigenvalue weighted by Gasteiger charge is 1.97. The van der Waals surface area contributed by atoms with Crippen LogP contribution in [-0.2, 0) is 11.3 Å². The zero-order valence-electron chi connectivity index (χ0n) is 13.2. The van der Waals surface area contributed by atoms with Gasteiger partial charge in [0, 0.05) is 23.8 Å². The third kappa shape index (κ3) is 8.62. The van der Waals surface area contributed by atoms with Gasteiger partial charge in [0.25, 0.3) is 0 Å². The van der Waals surface area contributed by atoms with Gasteiger partial charge in [-0.3, -0.25) is 0 Å². The summed E-state index contributed by atoms with van der Waals surface area (Å²) in [5.74, 6) is 1.77. The quantitative estimate of drug-likeness (QED) is 0.485. The van der Waals surface area contributed by atoms with Crippen LogP contribution in [0.4, 0.5) is 0 Å². The van der Waals surface area contributed by atoms with E-state index in [2.05, 4.69) is 50.4 Å². The fourth-order valence-corrected chi connectivity index (χ4v) is 2.52. The SMILES string of the molecule is CCCNCc1ccc(SCCOCCC(C)C)cc1. The molecule has 1 aromatic carbocycles. The molecule has 0 aliphatic rings. The van der Waals surface area contributed by atoms with Crippen LogP contribution in [0.2, 0.25) is 0 Å². The molecular formula is C17H29NOS. The van der Waals surface area contributed by atoms with Crippen molar-refractivity contribution in [3.05, 3.63) is 29.8 Å². The van der Waals surface area contributed by atoms with Crippen molar-refractivity contribution in [1.29, 1.82) is 0 Å². The fraction of sp³-hybridized carbons (Fsp3) is 0.647. The molecule has 0 saturated heterocycles. The first-order valence-corrected chi connectivity index (χ1v) is 8.71. The number of nitrogens with one attached hydrogen (secondary N) is 1. The van der Waals surface area contributed by atoms with Gasteiger partial charge < -0.3 is 10.1 Å². The number of rotatable bonds is 11. The van der Waals surface area contributed by atoms with Gasteiger partial charge in [-0.25, -0.2) is 0 Å². The van der Waals surface area contributed by atoms with E-state index in [9.17, 15) is 0 Å². The topological polar surface area (TPSA) is 21.3 Å². The molecule has 2 nitrogen and oxygen atoms in total. The summed E-state index contributed by atoms with van der Waals surface area (Å²) in [5.41, 5.74) is 1.36. The molecule has 3 heteroatoms. The summed E-state index contributed by atoms with van der Waals surface area (Å²) in [4.78, 5) is 1.33. The number of benzene rings is 1. The van der Waals surface area contributed by atoms with Crippen molar-refractivity contribution in [3.63, 3.8) is 0 Å². The first kappa shape index (κ1) is 17.5. The molecule has 0 bridgehead atoms. The van der Waals surface area contributed by atoms with E-state index in [-0.39, 0.29) is 0 Å². The van der Waals surface area contributed by atoms with Gasteiger partial charge in [0.15, 0.2) is 0 Å². The van der Waals surface area contributed by atoms with Gasteiger partial charge in [-0.15, -0.1) is 11.8 Å². The lowest BCUT2D eigenvalue weighted by Crippen LogP contribution is -2.13. The van der Waals surface area contributed by atoms with Crippen molar-refractivity contribution in [3.8, 4) is 0 Å². The third-order valence-electron chi connectivity index (χ3n) is 3.02. The van der Waals surface area contributed by atoms with E-state index >= 15 is 0 Å². The summed E-state index contributed by atoms with van der Waals surface area (Å²) in [5, 5.41) is 3.42. The monoisotopic (exact) mass is 295 g/mol. The van der Waals surface area contributed by atoms with Crippen molar-refractivity contribution in [1.82, 2.24) is 5.32 Å². The molecule has 0 amide bonds. The first-order chi connectivity index (χ1) is 9.72. The van der Waals surface area contributed by atoms with Crippen LogP contribution in [-0.4, -0.2) is 25.5 Å². The number of hydrogen-bond donors (Lipinski definition) is 1. The highest BCUT2D eigenvalue weighted by Crippen LogP contribution is 2.18. The average molecular weight is 295 g/mol. The van der Waals surface area contributed by atoms with Gasteiger partial charge in [0.05, 0.1) is 6.61 Å². The van der Waals surface area contributed by atoms with Crippen LogP contribution in [0.5, 0.6) is 0 Å². The second-order valence-electron chi connectivity index (χ2n) is 5.46. The minimum Gasteiger partial charge on any atom is -0.381 e. The zero-order chi connectivity index (χ0) is 14.6. The Balaban J connectivity index is 2.11. The smallest absolute Gasteiger partial charge is 0.0560 e. The molecule has 0 atom stereocenters. The predicted molar refractivity (Wildman–Crippen MR) is 89.4 cm³/mol. The summed E-state index contributed by atoms with van der Waals surface area (Å²) in [7, 11) is 0. The highest BCUT2D eigenvalue weighted by molar-refractivity contribution is 7.99. The summed E-state index contributed by atoms with van der Waals surface area (Å²) in [6.45, 7) is 10.4. The third-order valence-corrected chi connectivity index (χ3v) is 3.99. The number of ether oxygens (including phenoxy) is 1. The molecule has 0 saturated carbocycles. The first-order valence-electron chi connectivity index (χ1n) is 7.72. The van der Waals surface area contributed by atoms with Crippen molar-refractivity contribution < 1.29 is 4.74 Å². The lowest BCUT2D eigenvalue weighted by atomic mass is 10.1. The standard InChI is InChI=1S/C17H29NOS/c1-4-10-18-14-16-5-7-17(8-6-16)20-13-12-19-11-9-15(2)3/h5-8,15,18H,4,9-14H2,1-3H3. The van der Waals surface area contributed by atoms with Gasteiger partial charge in [0.1, 0.15) is 0 Å². The summed E-state index contributed by atoms with van der Waals surface area (Å²) in [6, 6.07) is 8.85. The average Bonchev–Trinajstić information content (AvgIpc) is 2.44.